The molecule has 0 unspecified atom stereocenters. The van der Waals surface area contributed by atoms with Crippen LogP contribution in [0.1, 0.15) is 22.8 Å². The molecule has 1 aromatic heterocycles. The molecule has 0 aliphatic rings. The van der Waals surface area contributed by atoms with E-state index in [1.165, 1.54) is 6.26 Å². The maximum atomic E-state index is 10.7. The van der Waals surface area contributed by atoms with Crippen molar-refractivity contribution in [3.05, 3.63) is 69.7 Å². The molecule has 1 heterocycles. The van der Waals surface area contributed by atoms with Gasteiger partial charge in [-0.1, -0.05) is 12.1 Å². The largest absolute Gasteiger partial charge is 0.468 e. The minimum atomic E-state index is -0.428. The van der Waals surface area contributed by atoms with Gasteiger partial charge >= 0.3 is 0 Å². The van der Waals surface area contributed by atoms with E-state index < -0.39 is 5.92 Å². The average Bonchev–Trinajstić information content (AvgIpc) is 2.89. The highest BCUT2D eigenvalue weighted by atomic mass is 16.6. The van der Waals surface area contributed by atoms with Crippen LogP contribution in [-0.4, -0.2) is 11.5 Å². The van der Waals surface area contributed by atoms with Gasteiger partial charge in [0.1, 0.15) is 11.7 Å². The maximum Gasteiger partial charge on any atom is 0.217 e. The predicted octanol–water partition coefficient (Wildman–Crippen LogP) is 2.56. The molecule has 5 nitrogen and oxygen atoms in total. The third-order valence-corrected chi connectivity index (χ3v) is 2.66. The van der Waals surface area contributed by atoms with Crippen molar-refractivity contribution in [3.63, 3.8) is 0 Å². The van der Waals surface area contributed by atoms with Crippen molar-refractivity contribution in [2.24, 2.45) is 0 Å². The van der Waals surface area contributed by atoms with Crippen LogP contribution < -0.4 is 0 Å². The van der Waals surface area contributed by atoms with Crippen LogP contribution in [0.5, 0.6) is 0 Å². The van der Waals surface area contributed by atoms with Gasteiger partial charge < -0.3 is 4.42 Å². The Morgan fingerprint density at radius 1 is 1.33 bits per heavy atom. The number of nitriles is 1. The number of hydrogen-bond donors (Lipinski definition) is 0. The third-order valence-electron chi connectivity index (χ3n) is 2.66. The molecule has 2 aromatic rings. The number of hydrogen-bond acceptors (Lipinski definition) is 4. The number of nitro groups is 1. The number of benzene rings is 1. The smallest absolute Gasteiger partial charge is 0.217 e. The van der Waals surface area contributed by atoms with E-state index in [-0.39, 0.29) is 11.5 Å². The zero-order chi connectivity index (χ0) is 13.0. The van der Waals surface area contributed by atoms with Gasteiger partial charge in [0.15, 0.2) is 0 Å². The van der Waals surface area contributed by atoms with Crippen molar-refractivity contribution in [1.82, 2.24) is 0 Å². The van der Waals surface area contributed by atoms with Crippen LogP contribution in [0.15, 0.2) is 47.1 Å². The van der Waals surface area contributed by atoms with Gasteiger partial charge in [-0.3, -0.25) is 10.1 Å². The van der Waals surface area contributed by atoms with Crippen LogP contribution in [0.25, 0.3) is 0 Å². The van der Waals surface area contributed by atoms with Crippen molar-refractivity contribution in [2.75, 3.05) is 6.54 Å². The van der Waals surface area contributed by atoms with E-state index in [9.17, 15) is 10.1 Å². The highest BCUT2D eigenvalue weighted by molar-refractivity contribution is 5.35. The molecule has 0 aliphatic carbocycles. The first-order chi connectivity index (χ1) is 8.70. The SMILES string of the molecule is N#Cc1ccc([C@H](C[N+](=O)[O-])c2ccco2)cc1. The summed E-state index contributed by atoms with van der Waals surface area (Å²) in [5.74, 6) is 0.124. The summed E-state index contributed by atoms with van der Waals surface area (Å²) in [6.07, 6.45) is 1.49. The van der Waals surface area contributed by atoms with Crippen LogP contribution in [0.4, 0.5) is 0 Å². The standard InChI is InChI=1S/C13H10N2O3/c14-8-10-3-5-11(6-4-10)12(9-15(16)17)13-2-1-7-18-13/h1-7,12H,9H2/t12-/m0/s1. The van der Waals surface area contributed by atoms with E-state index >= 15 is 0 Å². The highest BCUT2D eigenvalue weighted by Gasteiger charge is 2.22. The molecule has 0 fully saturated rings. The lowest BCUT2D eigenvalue weighted by Crippen LogP contribution is -2.13. The summed E-state index contributed by atoms with van der Waals surface area (Å²) in [7, 11) is 0. The molecule has 18 heavy (non-hydrogen) atoms. The van der Waals surface area contributed by atoms with E-state index in [0.29, 0.717) is 11.3 Å². The monoisotopic (exact) mass is 242 g/mol. The summed E-state index contributed by atoms with van der Waals surface area (Å²) in [6.45, 7) is -0.237. The second kappa shape index (κ2) is 5.15. The number of nitrogens with zero attached hydrogens (tertiary/aromatic N) is 2. The molecular formula is C13H10N2O3. The lowest BCUT2D eigenvalue weighted by atomic mass is 9.96. The highest BCUT2D eigenvalue weighted by Crippen LogP contribution is 2.25. The topological polar surface area (TPSA) is 80.1 Å². The van der Waals surface area contributed by atoms with Crippen molar-refractivity contribution in [2.45, 2.75) is 5.92 Å². The van der Waals surface area contributed by atoms with Crippen LogP contribution in [-0.2, 0) is 0 Å². The number of rotatable bonds is 4. The first-order valence-corrected chi connectivity index (χ1v) is 5.36. The van der Waals surface area contributed by atoms with Gasteiger partial charge in [-0.15, -0.1) is 0 Å². The Morgan fingerprint density at radius 3 is 2.56 bits per heavy atom. The quantitative estimate of drug-likeness (QED) is 0.609. The van der Waals surface area contributed by atoms with Crippen molar-refractivity contribution >= 4 is 0 Å². The molecule has 1 aromatic carbocycles. The molecular weight excluding hydrogens is 232 g/mol. The zero-order valence-corrected chi connectivity index (χ0v) is 9.45. The summed E-state index contributed by atoms with van der Waals surface area (Å²) >= 11 is 0. The van der Waals surface area contributed by atoms with Gasteiger partial charge in [-0.05, 0) is 29.8 Å². The second-order valence-electron chi connectivity index (χ2n) is 3.82. The Bertz CT molecular complexity index is 567. The van der Waals surface area contributed by atoms with Gasteiger partial charge in [0.25, 0.3) is 0 Å². The molecule has 0 bridgehead atoms. The first-order valence-electron chi connectivity index (χ1n) is 5.36. The summed E-state index contributed by atoms with van der Waals surface area (Å²) in [5, 5.41) is 19.4. The van der Waals surface area contributed by atoms with E-state index in [1.807, 2.05) is 6.07 Å². The Labute approximate surface area is 103 Å². The molecule has 0 spiro atoms. The van der Waals surface area contributed by atoms with Crippen molar-refractivity contribution in [1.29, 1.82) is 5.26 Å². The van der Waals surface area contributed by atoms with Gasteiger partial charge in [0.05, 0.1) is 17.9 Å². The Balaban J connectivity index is 2.34. The van der Waals surface area contributed by atoms with E-state index in [4.69, 9.17) is 9.68 Å². The van der Waals surface area contributed by atoms with E-state index in [0.717, 1.165) is 5.56 Å². The molecule has 0 aliphatic heterocycles. The summed E-state index contributed by atoms with van der Waals surface area (Å²) in [5.41, 5.74) is 1.29. The summed E-state index contributed by atoms with van der Waals surface area (Å²) in [6, 6.07) is 12.1. The predicted molar refractivity (Wildman–Crippen MR) is 63.6 cm³/mol. The molecule has 2 rings (SSSR count). The second-order valence-corrected chi connectivity index (χ2v) is 3.82. The third kappa shape index (κ3) is 2.55. The molecule has 0 saturated carbocycles. The van der Waals surface area contributed by atoms with Crippen LogP contribution >= 0.6 is 0 Å². The fourth-order valence-corrected chi connectivity index (χ4v) is 1.79. The van der Waals surface area contributed by atoms with Gasteiger partial charge in [0.2, 0.25) is 6.54 Å². The lowest BCUT2D eigenvalue weighted by Gasteiger charge is -2.10. The van der Waals surface area contributed by atoms with E-state index in [2.05, 4.69) is 0 Å². The van der Waals surface area contributed by atoms with Gasteiger partial charge in [0, 0.05) is 4.92 Å². The fraction of sp³-hybridized carbons (Fsp3) is 0.154. The molecule has 0 radical (unpaired) electrons. The lowest BCUT2D eigenvalue weighted by molar-refractivity contribution is -0.482. The Hall–Kier alpha value is -2.61. The maximum absolute atomic E-state index is 10.7. The van der Waals surface area contributed by atoms with Crippen LogP contribution in [0.3, 0.4) is 0 Å². The molecule has 0 amide bonds. The zero-order valence-electron chi connectivity index (χ0n) is 9.45. The van der Waals surface area contributed by atoms with Crippen LogP contribution in [0.2, 0.25) is 0 Å². The minimum Gasteiger partial charge on any atom is -0.468 e. The Morgan fingerprint density at radius 2 is 2.06 bits per heavy atom. The average molecular weight is 242 g/mol. The van der Waals surface area contributed by atoms with Crippen LogP contribution in [0, 0.1) is 21.4 Å². The van der Waals surface area contributed by atoms with E-state index in [1.54, 1.807) is 36.4 Å². The molecule has 0 N–H and O–H groups in total. The van der Waals surface area contributed by atoms with Crippen molar-refractivity contribution < 1.29 is 9.34 Å². The summed E-state index contributed by atoms with van der Waals surface area (Å²) in [4.78, 5) is 10.3. The van der Waals surface area contributed by atoms with Gasteiger partial charge in [-0.2, -0.15) is 5.26 Å². The van der Waals surface area contributed by atoms with Crippen molar-refractivity contribution in [3.8, 4) is 6.07 Å². The molecule has 5 heteroatoms. The van der Waals surface area contributed by atoms with Gasteiger partial charge in [-0.25, -0.2) is 0 Å². The normalized spacial score (nSPS) is 11.7. The molecule has 0 saturated heterocycles. The minimum absolute atomic E-state index is 0.237. The molecule has 90 valence electrons. The first kappa shape index (κ1) is 11.9. The Kier molecular flexibility index (Phi) is 3.39. The molecule has 1 atom stereocenters. The fourth-order valence-electron chi connectivity index (χ4n) is 1.79. The summed E-state index contributed by atoms with van der Waals surface area (Å²) < 4.78 is 5.24. The number of furan rings is 1.